The molecule has 5 unspecified atom stereocenters. The number of nitrogens with zero attached hydrogens (tertiary/aromatic N) is 1. The van der Waals surface area contributed by atoms with Crippen molar-refractivity contribution in [3.05, 3.63) is 76.1 Å². The molecular weight excluding hydrogens is 1050 g/mol. The van der Waals surface area contributed by atoms with Crippen LogP contribution in [0.25, 0.3) is 6.08 Å². The van der Waals surface area contributed by atoms with Crippen LogP contribution in [0, 0.1) is 73.9 Å². The molecule has 460 valence electrons. The Morgan fingerprint density at radius 1 is 0.675 bits per heavy atom. The van der Waals surface area contributed by atoms with Crippen molar-refractivity contribution in [1.29, 1.82) is 0 Å². The van der Waals surface area contributed by atoms with E-state index in [1.165, 1.54) is 0 Å². The molecule has 5 N–H and O–H groups in total. The average Bonchev–Trinajstić information content (AvgIpc) is 4.17. The summed E-state index contributed by atoms with van der Waals surface area (Å²) in [5, 5.41) is 18.4. The molecule has 3 amide bonds. The van der Waals surface area contributed by atoms with Gasteiger partial charge in [-0.1, -0.05) is 178 Å². The number of amides is 3. The van der Waals surface area contributed by atoms with E-state index in [9.17, 15) is 24.3 Å². The van der Waals surface area contributed by atoms with Crippen molar-refractivity contribution in [1.82, 2.24) is 15.6 Å². The van der Waals surface area contributed by atoms with Gasteiger partial charge in [0.2, 0.25) is 17.7 Å². The summed E-state index contributed by atoms with van der Waals surface area (Å²) in [4.78, 5) is 91.6. The van der Waals surface area contributed by atoms with Gasteiger partial charge in [0.15, 0.2) is 6.04 Å². The number of nitrogens with one attached hydrogen (secondary N) is 4. The monoisotopic (exact) mass is 1150 g/mol. The average molecular weight is 1150 g/mol. The standard InChI is InChI=1S/C68H103N5O10/c1-25-48(74)71-53(58(75)76)40-26-28-41(29-27-40)81-35-39-32-44(65(13,14)15)55(45(33-39)66(16,17)18)83-60(78)52-50(37(4)5)47(70-57(52)73-62(80)68(22,23)24)34-46-49(36(2)3)51(56(69-46)72-61(79)67(19,20)21)59(77)82-54-42(63(7,8)9)30-38(6)31-43(54)64(10,11)12/h25-29,34,36-39,42-45,53-55,69H,1,30-33,35H2,2-24H3,(H,71,74)(H,72,79)(H,75,76)(H,70,73,80). The number of H-pyrrole nitrogens is 1. The Labute approximate surface area is 496 Å². The van der Waals surface area contributed by atoms with E-state index in [1.807, 2.05) is 54.5 Å². The summed E-state index contributed by atoms with van der Waals surface area (Å²) < 4.78 is 20.3. The molecule has 2 aromatic rings. The predicted octanol–water partition coefficient (Wildman–Crippen LogP) is 14.4. The fourth-order valence-corrected chi connectivity index (χ4v) is 12.3. The third kappa shape index (κ3) is 16.5. The highest BCUT2D eigenvalue weighted by atomic mass is 16.5. The summed E-state index contributed by atoms with van der Waals surface area (Å²) in [5.74, 6) is -3.01. The fourth-order valence-electron chi connectivity index (χ4n) is 12.3. The Kier molecular flexibility index (Phi) is 20.7. The second kappa shape index (κ2) is 25.3. The number of aliphatic imine (C=N–C) groups is 1. The number of hydrogen-bond acceptors (Lipinski definition) is 10. The fraction of sp³-hybridized carbons (Fsp3) is 0.662. The first kappa shape index (κ1) is 67.8. The number of hydrogen-bond donors (Lipinski definition) is 5. The lowest BCUT2D eigenvalue weighted by molar-refractivity contribution is -0.165. The minimum atomic E-state index is -1.26. The first-order chi connectivity index (χ1) is 37.9. The second-order valence-electron chi connectivity index (χ2n) is 31.1. The normalized spacial score (nSPS) is 23.8. The van der Waals surface area contributed by atoms with Crippen molar-refractivity contribution < 1.29 is 48.1 Å². The van der Waals surface area contributed by atoms with E-state index in [1.54, 1.807) is 45.0 Å². The first-order valence-electron chi connectivity index (χ1n) is 30.1. The molecule has 1 aromatic heterocycles. The number of esters is 2. The molecule has 15 heteroatoms. The van der Waals surface area contributed by atoms with Gasteiger partial charge >= 0.3 is 17.9 Å². The third-order valence-electron chi connectivity index (χ3n) is 17.2. The SMILES string of the molecule is C=CC(=O)NC(C(=O)O)c1ccc(OCC2CC(C(C)(C)C)C(OC(=O)C3=C(C(C)C)C(=Cc4[nH]c(NC(=O)C(C)(C)C)c(C(=O)OC5C(C(C)(C)C)CC(C)CC5C(C)(C)C)c4C(C)C)N=C3NC(=O)C(C)(C)C)C(C(C)(C)C)C2)cc1. The summed E-state index contributed by atoms with van der Waals surface area (Å²) >= 11 is 0. The summed E-state index contributed by atoms with van der Waals surface area (Å²) in [6, 6.07) is 5.38. The highest BCUT2D eigenvalue weighted by Crippen LogP contribution is 2.52. The summed E-state index contributed by atoms with van der Waals surface area (Å²) in [7, 11) is 0. The number of aromatic nitrogens is 1. The highest BCUT2D eigenvalue weighted by Gasteiger charge is 2.51. The van der Waals surface area contributed by atoms with E-state index < -0.39 is 52.9 Å². The number of allylic oxidation sites excluding steroid dienone is 1. The summed E-state index contributed by atoms with van der Waals surface area (Å²) in [6.45, 7) is 51.0. The zero-order chi connectivity index (χ0) is 63.0. The van der Waals surface area contributed by atoms with Crippen molar-refractivity contribution in [2.45, 2.75) is 209 Å². The lowest BCUT2D eigenvalue weighted by Gasteiger charge is -2.50. The van der Waals surface area contributed by atoms with Gasteiger partial charge in [-0.05, 0) is 112 Å². The number of rotatable bonds is 15. The zero-order valence-corrected chi connectivity index (χ0v) is 54.6. The van der Waals surface area contributed by atoms with Gasteiger partial charge in [0, 0.05) is 40.2 Å². The van der Waals surface area contributed by atoms with Gasteiger partial charge < -0.3 is 40.3 Å². The van der Waals surface area contributed by atoms with Gasteiger partial charge in [0.25, 0.3) is 0 Å². The van der Waals surface area contributed by atoms with Crippen molar-refractivity contribution in [3.8, 4) is 5.75 Å². The van der Waals surface area contributed by atoms with Crippen molar-refractivity contribution in [3.63, 3.8) is 0 Å². The van der Waals surface area contributed by atoms with Gasteiger partial charge in [-0.15, -0.1) is 0 Å². The second-order valence-corrected chi connectivity index (χ2v) is 31.1. The Hall–Kier alpha value is -5.99. The molecule has 15 nitrogen and oxygen atoms in total. The molecule has 2 saturated carbocycles. The van der Waals surface area contributed by atoms with Crippen LogP contribution >= 0.6 is 0 Å². The van der Waals surface area contributed by atoms with Crippen LogP contribution in [0.15, 0.2) is 58.8 Å². The number of carbonyl (C=O) groups is 6. The predicted molar refractivity (Wildman–Crippen MR) is 330 cm³/mol. The Morgan fingerprint density at radius 2 is 1.13 bits per heavy atom. The molecule has 0 bridgehead atoms. The minimum absolute atomic E-state index is 0.0498. The van der Waals surface area contributed by atoms with Crippen LogP contribution in [-0.4, -0.2) is 70.4 Å². The summed E-state index contributed by atoms with van der Waals surface area (Å²) in [5.41, 5.74) is 0.118. The number of aliphatic carboxylic acids is 1. The zero-order valence-electron chi connectivity index (χ0n) is 54.6. The maximum atomic E-state index is 15.6. The molecule has 1 aliphatic heterocycles. The lowest BCUT2D eigenvalue weighted by Crippen LogP contribution is -2.51. The maximum Gasteiger partial charge on any atom is 0.342 e. The number of carboxylic acid groups (broad SMARTS) is 1. The van der Waals surface area contributed by atoms with Gasteiger partial charge in [-0.3, -0.25) is 14.4 Å². The molecular formula is C68H103N5O10. The van der Waals surface area contributed by atoms with Crippen molar-refractivity contribution in [2.24, 2.45) is 78.9 Å². The van der Waals surface area contributed by atoms with Crippen LogP contribution in [0.2, 0.25) is 0 Å². The highest BCUT2D eigenvalue weighted by molar-refractivity contribution is 6.26. The molecule has 5 atom stereocenters. The molecule has 2 fully saturated rings. The van der Waals surface area contributed by atoms with E-state index in [2.05, 4.69) is 118 Å². The van der Waals surface area contributed by atoms with Gasteiger partial charge in [0.1, 0.15) is 40.7 Å². The Balaban J connectivity index is 1.63. The number of benzene rings is 1. The quantitative estimate of drug-likeness (QED) is 0.0840. The molecule has 1 aromatic carbocycles. The smallest absolute Gasteiger partial charge is 0.342 e. The van der Waals surface area contributed by atoms with Gasteiger partial charge in [-0.2, -0.15) is 0 Å². The topological polar surface area (TPSA) is 215 Å². The molecule has 2 aliphatic carbocycles. The number of amidine groups is 1. The van der Waals surface area contributed by atoms with Crippen LogP contribution < -0.4 is 20.7 Å². The van der Waals surface area contributed by atoms with Gasteiger partial charge in [0.05, 0.1) is 12.3 Å². The van der Waals surface area contributed by atoms with E-state index in [4.69, 9.17) is 19.2 Å². The van der Waals surface area contributed by atoms with E-state index in [0.717, 1.165) is 18.9 Å². The first-order valence-corrected chi connectivity index (χ1v) is 30.1. The van der Waals surface area contributed by atoms with Crippen LogP contribution in [0.4, 0.5) is 5.82 Å². The van der Waals surface area contributed by atoms with Gasteiger partial charge in [-0.25, -0.2) is 19.4 Å². The van der Waals surface area contributed by atoms with E-state index in [-0.39, 0.29) is 97.7 Å². The number of ether oxygens (including phenoxy) is 3. The van der Waals surface area contributed by atoms with Crippen LogP contribution in [0.1, 0.15) is 224 Å². The van der Waals surface area contributed by atoms with E-state index in [0.29, 0.717) is 59.2 Å². The maximum absolute atomic E-state index is 15.6. The third-order valence-corrected chi connectivity index (χ3v) is 17.2. The molecule has 0 saturated heterocycles. The Morgan fingerprint density at radius 3 is 1.55 bits per heavy atom. The number of aromatic amines is 1. The van der Waals surface area contributed by atoms with Crippen LogP contribution in [-0.2, 0) is 33.4 Å². The van der Waals surface area contributed by atoms with E-state index >= 15 is 9.59 Å². The summed E-state index contributed by atoms with van der Waals surface area (Å²) in [6.07, 6.45) is 5.03. The largest absolute Gasteiger partial charge is 0.493 e. The molecule has 2 heterocycles. The lowest BCUT2D eigenvalue weighted by atomic mass is 9.58. The molecule has 5 rings (SSSR count). The Bertz CT molecular complexity index is 2790. The number of carbonyl (C=O) groups excluding carboxylic acids is 5. The van der Waals surface area contributed by atoms with Crippen molar-refractivity contribution in [2.75, 3.05) is 11.9 Å². The molecule has 3 aliphatic rings. The van der Waals surface area contributed by atoms with Crippen LogP contribution in [0.5, 0.6) is 5.75 Å². The van der Waals surface area contributed by atoms with Crippen molar-refractivity contribution >= 4 is 53.4 Å². The minimum Gasteiger partial charge on any atom is -0.493 e. The molecule has 0 radical (unpaired) electrons. The molecule has 0 spiro atoms. The number of anilines is 1. The van der Waals surface area contributed by atoms with Crippen LogP contribution in [0.3, 0.4) is 0 Å². The number of carboxylic acids is 1. The molecule has 83 heavy (non-hydrogen) atoms.